The Morgan fingerprint density at radius 2 is 2.27 bits per heavy atom. The minimum atomic E-state index is 0.239. The molecule has 0 amide bonds. The molecule has 0 unspecified atom stereocenters. The maximum atomic E-state index is 9.34. The summed E-state index contributed by atoms with van der Waals surface area (Å²) in [6.45, 7) is 1.94. The van der Waals surface area contributed by atoms with Gasteiger partial charge in [0.2, 0.25) is 0 Å². The van der Waals surface area contributed by atoms with Gasteiger partial charge in [0, 0.05) is 10.4 Å². The number of aromatic nitrogens is 1. The second-order valence-electron chi connectivity index (χ2n) is 3.12. The highest BCUT2D eigenvalue weighted by Crippen LogP contribution is 2.28. The van der Waals surface area contributed by atoms with Crippen molar-refractivity contribution in [3.8, 4) is 28.7 Å². The molecule has 1 aromatic heterocycles. The van der Waals surface area contributed by atoms with Crippen LogP contribution in [-0.4, -0.2) is 10.1 Å². The first-order valence-corrected chi connectivity index (χ1v) is 5.26. The first-order chi connectivity index (χ1) is 7.20. The van der Waals surface area contributed by atoms with E-state index in [-0.39, 0.29) is 5.75 Å². The Balaban J connectivity index is 2.51. The second kappa shape index (κ2) is 3.76. The van der Waals surface area contributed by atoms with Gasteiger partial charge in [0.05, 0.1) is 0 Å². The van der Waals surface area contributed by atoms with E-state index in [1.54, 1.807) is 18.2 Å². The van der Waals surface area contributed by atoms with Crippen molar-refractivity contribution in [2.75, 3.05) is 0 Å². The Morgan fingerprint density at radius 1 is 1.47 bits per heavy atom. The molecule has 2 rings (SSSR count). The third-order valence-corrected chi connectivity index (χ3v) is 3.05. The smallest absolute Gasteiger partial charge is 0.127 e. The van der Waals surface area contributed by atoms with Gasteiger partial charge in [0.25, 0.3) is 0 Å². The molecule has 0 bridgehead atoms. The number of phenols is 1. The van der Waals surface area contributed by atoms with E-state index in [1.165, 1.54) is 11.3 Å². The quantitative estimate of drug-likeness (QED) is 0.742. The molecule has 0 saturated heterocycles. The highest BCUT2D eigenvalue weighted by Gasteiger charge is 2.07. The van der Waals surface area contributed by atoms with E-state index >= 15 is 0 Å². The molecule has 0 fully saturated rings. The Hall–Kier alpha value is -1.79. The number of hydrogen-bond donors (Lipinski definition) is 1. The third kappa shape index (κ3) is 1.85. The predicted molar refractivity (Wildman–Crippen MR) is 61.9 cm³/mol. The molecule has 3 heteroatoms. The predicted octanol–water partition coefficient (Wildman–Crippen LogP) is 2.81. The fourth-order valence-corrected chi connectivity index (χ4v) is 2.17. The number of aryl methyl sites for hydroxylation is 1. The molecule has 1 aromatic carbocycles. The molecule has 2 nitrogen and oxygen atoms in total. The lowest BCUT2D eigenvalue weighted by atomic mass is 10.2. The largest absolute Gasteiger partial charge is 0.508 e. The van der Waals surface area contributed by atoms with Gasteiger partial charge < -0.3 is 5.11 Å². The zero-order valence-corrected chi connectivity index (χ0v) is 9.01. The molecular weight excluding hydrogens is 206 g/mol. The van der Waals surface area contributed by atoms with Crippen molar-refractivity contribution in [3.05, 3.63) is 34.8 Å². The second-order valence-corrected chi connectivity index (χ2v) is 4.32. The molecule has 1 heterocycles. The van der Waals surface area contributed by atoms with Gasteiger partial charge in [-0.15, -0.1) is 17.8 Å². The van der Waals surface area contributed by atoms with Crippen LogP contribution in [0.15, 0.2) is 24.3 Å². The maximum absolute atomic E-state index is 9.34. The number of hydrogen-bond acceptors (Lipinski definition) is 3. The van der Waals surface area contributed by atoms with Gasteiger partial charge in [-0.3, -0.25) is 0 Å². The lowest BCUT2D eigenvalue weighted by Gasteiger charge is -1.95. The summed E-state index contributed by atoms with van der Waals surface area (Å²) < 4.78 is 0. The van der Waals surface area contributed by atoms with Crippen LogP contribution in [-0.2, 0) is 0 Å². The van der Waals surface area contributed by atoms with E-state index in [0.717, 1.165) is 15.4 Å². The number of aromatic hydroxyl groups is 1. The SMILES string of the molecule is C#Cc1nc(-c2cccc(O)c2)sc1C. The number of thiazole rings is 1. The molecule has 1 N–H and O–H groups in total. The summed E-state index contributed by atoms with van der Waals surface area (Å²) in [5, 5.41) is 10.2. The van der Waals surface area contributed by atoms with E-state index in [1.807, 2.05) is 13.0 Å². The normalized spacial score (nSPS) is 9.87. The summed E-state index contributed by atoms with van der Waals surface area (Å²) in [5.74, 6) is 2.78. The highest BCUT2D eigenvalue weighted by atomic mass is 32.1. The molecule has 0 radical (unpaired) electrons. The Morgan fingerprint density at radius 3 is 2.87 bits per heavy atom. The first-order valence-electron chi connectivity index (χ1n) is 4.44. The molecule has 0 aliphatic rings. The molecule has 15 heavy (non-hydrogen) atoms. The number of nitrogens with zero attached hydrogens (tertiary/aromatic N) is 1. The van der Waals surface area contributed by atoms with Crippen LogP contribution in [0.3, 0.4) is 0 Å². The molecule has 0 aliphatic heterocycles. The fourth-order valence-electron chi connectivity index (χ4n) is 1.29. The van der Waals surface area contributed by atoms with Crippen molar-refractivity contribution in [2.45, 2.75) is 6.92 Å². The van der Waals surface area contributed by atoms with Gasteiger partial charge in [-0.1, -0.05) is 12.1 Å². The molecule has 0 spiro atoms. The van der Waals surface area contributed by atoms with Crippen molar-refractivity contribution in [2.24, 2.45) is 0 Å². The van der Waals surface area contributed by atoms with E-state index in [2.05, 4.69) is 10.9 Å². The monoisotopic (exact) mass is 215 g/mol. The summed E-state index contributed by atoms with van der Waals surface area (Å²) in [5.41, 5.74) is 1.57. The molecule has 74 valence electrons. The standard InChI is InChI=1S/C12H9NOS/c1-3-11-8(2)15-12(13-11)9-5-4-6-10(14)7-9/h1,4-7,14H,2H3. The van der Waals surface area contributed by atoms with Crippen LogP contribution in [0.4, 0.5) is 0 Å². The molecule has 0 atom stereocenters. The van der Waals surface area contributed by atoms with E-state index in [0.29, 0.717) is 5.69 Å². The maximum Gasteiger partial charge on any atom is 0.127 e. The Labute approximate surface area is 92.2 Å². The molecular formula is C12H9NOS. The average Bonchev–Trinajstić information content (AvgIpc) is 2.60. The average molecular weight is 215 g/mol. The molecule has 2 aromatic rings. The van der Waals surface area contributed by atoms with Gasteiger partial charge in [-0.2, -0.15) is 0 Å². The topological polar surface area (TPSA) is 33.1 Å². The lowest BCUT2D eigenvalue weighted by Crippen LogP contribution is -1.78. The van der Waals surface area contributed by atoms with E-state index in [4.69, 9.17) is 6.42 Å². The number of phenolic OH excluding ortho intramolecular Hbond substituents is 1. The van der Waals surface area contributed by atoms with Crippen molar-refractivity contribution >= 4 is 11.3 Å². The number of rotatable bonds is 1. The van der Waals surface area contributed by atoms with Crippen LogP contribution in [0.5, 0.6) is 5.75 Å². The summed E-state index contributed by atoms with van der Waals surface area (Å²) in [6.07, 6.45) is 5.32. The van der Waals surface area contributed by atoms with Crippen LogP contribution in [0.2, 0.25) is 0 Å². The van der Waals surface area contributed by atoms with Gasteiger partial charge in [-0.05, 0) is 25.0 Å². The zero-order chi connectivity index (χ0) is 10.8. The van der Waals surface area contributed by atoms with Gasteiger partial charge in [-0.25, -0.2) is 4.98 Å². The lowest BCUT2D eigenvalue weighted by molar-refractivity contribution is 0.475. The van der Waals surface area contributed by atoms with Crippen LogP contribution in [0.1, 0.15) is 10.6 Å². The van der Waals surface area contributed by atoms with Crippen molar-refractivity contribution in [1.29, 1.82) is 0 Å². The van der Waals surface area contributed by atoms with Crippen LogP contribution >= 0.6 is 11.3 Å². The minimum absolute atomic E-state index is 0.239. The fraction of sp³-hybridized carbons (Fsp3) is 0.0833. The van der Waals surface area contributed by atoms with Crippen molar-refractivity contribution < 1.29 is 5.11 Å². The van der Waals surface area contributed by atoms with Crippen LogP contribution in [0, 0.1) is 19.3 Å². The van der Waals surface area contributed by atoms with E-state index < -0.39 is 0 Å². The summed E-state index contributed by atoms with van der Waals surface area (Å²) in [4.78, 5) is 5.33. The van der Waals surface area contributed by atoms with Crippen molar-refractivity contribution in [3.63, 3.8) is 0 Å². The van der Waals surface area contributed by atoms with Crippen molar-refractivity contribution in [1.82, 2.24) is 4.98 Å². The Bertz CT molecular complexity index is 537. The van der Waals surface area contributed by atoms with E-state index in [9.17, 15) is 5.11 Å². The van der Waals surface area contributed by atoms with Crippen LogP contribution in [0.25, 0.3) is 10.6 Å². The highest BCUT2D eigenvalue weighted by molar-refractivity contribution is 7.15. The summed E-state index contributed by atoms with van der Waals surface area (Å²) in [6, 6.07) is 7.00. The zero-order valence-electron chi connectivity index (χ0n) is 8.19. The van der Waals surface area contributed by atoms with Gasteiger partial charge in [0.15, 0.2) is 0 Å². The minimum Gasteiger partial charge on any atom is -0.508 e. The molecule has 0 aliphatic carbocycles. The Kier molecular flexibility index (Phi) is 2.44. The summed E-state index contributed by atoms with van der Waals surface area (Å²) in [7, 11) is 0. The number of terminal acetylenes is 1. The van der Waals surface area contributed by atoms with Crippen LogP contribution < -0.4 is 0 Å². The van der Waals surface area contributed by atoms with Gasteiger partial charge >= 0.3 is 0 Å². The van der Waals surface area contributed by atoms with Gasteiger partial charge in [0.1, 0.15) is 16.5 Å². The third-order valence-electron chi connectivity index (χ3n) is 2.03. The molecule has 0 saturated carbocycles. The summed E-state index contributed by atoms with van der Waals surface area (Å²) >= 11 is 1.54. The number of benzene rings is 1. The first kappa shape index (κ1) is 9.75.